The Kier molecular flexibility index (Phi) is 4.14. The molecular weight excluding hydrogens is 279 g/mol. The predicted octanol–water partition coefficient (Wildman–Crippen LogP) is 4.15. The van der Waals surface area contributed by atoms with Crippen molar-refractivity contribution in [3.8, 4) is 11.4 Å². The van der Waals surface area contributed by atoms with Gasteiger partial charge >= 0.3 is 0 Å². The number of nitrogens with zero attached hydrogens (tertiary/aromatic N) is 2. The van der Waals surface area contributed by atoms with E-state index in [1.165, 1.54) is 6.07 Å². The van der Waals surface area contributed by atoms with E-state index in [2.05, 4.69) is 11.7 Å². The van der Waals surface area contributed by atoms with Crippen LogP contribution in [0.2, 0.25) is 5.02 Å². The Morgan fingerprint density at radius 3 is 2.65 bits per heavy atom. The Morgan fingerprint density at radius 2 is 2.10 bits per heavy atom. The highest BCUT2D eigenvalue weighted by Gasteiger charge is 2.16. The fourth-order valence-electron chi connectivity index (χ4n) is 1.90. The van der Waals surface area contributed by atoms with Crippen LogP contribution in [-0.2, 0) is 0 Å². The van der Waals surface area contributed by atoms with Crippen molar-refractivity contribution in [2.24, 2.45) is 0 Å². The standard InChI is InChI=1S/C15H16ClFN2O/c1-5-6-20-15-8-14(13(17)7-12(15)16)19-11(4)9(2)10(3)18-19/h5,7-8H,1,6H2,2-4H3. The Morgan fingerprint density at radius 1 is 1.40 bits per heavy atom. The van der Waals surface area contributed by atoms with Crippen LogP contribution in [0.25, 0.3) is 5.69 Å². The lowest BCUT2D eigenvalue weighted by Crippen LogP contribution is -2.04. The molecule has 0 N–H and O–H groups in total. The zero-order chi connectivity index (χ0) is 14.9. The van der Waals surface area contributed by atoms with Crippen molar-refractivity contribution < 1.29 is 9.13 Å². The van der Waals surface area contributed by atoms with Crippen LogP contribution in [0, 0.1) is 26.6 Å². The summed E-state index contributed by atoms with van der Waals surface area (Å²) in [5.41, 5.74) is 3.11. The summed E-state index contributed by atoms with van der Waals surface area (Å²) in [5.74, 6) is -0.0280. The van der Waals surface area contributed by atoms with E-state index in [-0.39, 0.29) is 5.02 Å². The van der Waals surface area contributed by atoms with Crippen molar-refractivity contribution in [2.45, 2.75) is 20.8 Å². The van der Waals surface area contributed by atoms with E-state index in [1.54, 1.807) is 16.8 Å². The fraction of sp³-hybridized carbons (Fsp3) is 0.267. The summed E-state index contributed by atoms with van der Waals surface area (Å²) in [4.78, 5) is 0. The number of benzene rings is 1. The molecule has 0 aliphatic carbocycles. The normalized spacial score (nSPS) is 10.7. The van der Waals surface area contributed by atoms with E-state index in [0.717, 1.165) is 17.0 Å². The molecule has 1 aromatic carbocycles. The van der Waals surface area contributed by atoms with Crippen molar-refractivity contribution in [2.75, 3.05) is 6.61 Å². The van der Waals surface area contributed by atoms with Crippen LogP contribution in [0.4, 0.5) is 4.39 Å². The Hall–Kier alpha value is -1.81. The van der Waals surface area contributed by atoms with Crippen LogP contribution in [-0.4, -0.2) is 16.4 Å². The van der Waals surface area contributed by atoms with Crippen molar-refractivity contribution in [3.05, 3.63) is 52.6 Å². The molecule has 0 unspecified atom stereocenters. The van der Waals surface area contributed by atoms with Crippen LogP contribution in [0.15, 0.2) is 24.8 Å². The smallest absolute Gasteiger partial charge is 0.150 e. The van der Waals surface area contributed by atoms with Gasteiger partial charge in [-0.05, 0) is 32.4 Å². The zero-order valence-corrected chi connectivity index (χ0v) is 12.5. The van der Waals surface area contributed by atoms with Crippen molar-refractivity contribution in [1.82, 2.24) is 9.78 Å². The van der Waals surface area contributed by atoms with E-state index in [4.69, 9.17) is 16.3 Å². The second kappa shape index (κ2) is 5.67. The molecule has 3 nitrogen and oxygen atoms in total. The fourth-order valence-corrected chi connectivity index (χ4v) is 2.10. The topological polar surface area (TPSA) is 27.1 Å². The molecule has 2 aromatic rings. The van der Waals surface area contributed by atoms with Gasteiger partial charge in [0.25, 0.3) is 0 Å². The van der Waals surface area contributed by atoms with Gasteiger partial charge in [-0.15, -0.1) is 0 Å². The second-order valence-electron chi connectivity index (χ2n) is 4.54. The van der Waals surface area contributed by atoms with Crippen LogP contribution in [0.5, 0.6) is 5.75 Å². The minimum atomic E-state index is -0.438. The average molecular weight is 295 g/mol. The summed E-state index contributed by atoms with van der Waals surface area (Å²) in [5, 5.41) is 4.58. The van der Waals surface area contributed by atoms with E-state index in [0.29, 0.717) is 18.0 Å². The molecule has 1 heterocycles. The molecule has 2 rings (SSSR count). The maximum Gasteiger partial charge on any atom is 0.150 e. The van der Waals surface area contributed by atoms with E-state index in [9.17, 15) is 4.39 Å². The molecule has 0 aliphatic rings. The molecule has 0 spiro atoms. The van der Waals surface area contributed by atoms with Gasteiger partial charge in [-0.1, -0.05) is 24.3 Å². The molecule has 0 aliphatic heterocycles. The van der Waals surface area contributed by atoms with Gasteiger partial charge in [0.15, 0.2) is 5.82 Å². The van der Waals surface area contributed by atoms with Gasteiger partial charge < -0.3 is 4.74 Å². The second-order valence-corrected chi connectivity index (χ2v) is 4.95. The summed E-state index contributed by atoms with van der Waals surface area (Å²) in [6.45, 7) is 9.62. The molecule has 0 atom stereocenters. The monoisotopic (exact) mass is 294 g/mol. The highest BCUT2D eigenvalue weighted by atomic mass is 35.5. The van der Waals surface area contributed by atoms with Gasteiger partial charge in [0.2, 0.25) is 0 Å². The first-order valence-electron chi connectivity index (χ1n) is 6.21. The van der Waals surface area contributed by atoms with Crippen molar-refractivity contribution >= 4 is 11.6 Å². The number of hydrogen-bond acceptors (Lipinski definition) is 2. The molecule has 0 saturated carbocycles. The number of aryl methyl sites for hydroxylation is 1. The van der Waals surface area contributed by atoms with Gasteiger partial charge in [0.05, 0.1) is 10.7 Å². The number of hydrogen-bond donors (Lipinski definition) is 0. The summed E-state index contributed by atoms with van der Waals surface area (Å²) >= 11 is 5.97. The lowest BCUT2D eigenvalue weighted by atomic mass is 10.2. The third-order valence-electron chi connectivity index (χ3n) is 3.24. The maximum atomic E-state index is 14.1. The number of ether oxygens (including phenoxy) is 1. The Bertz CT molecular complexity index is 664. The molecule has 0 amide bonds. The van der Waals surface area contributed by atoms with Crippen LogP contribution in [0.3, 0.4) is 0 Å². The Labute approximate surface area is 122 Å². The molecule has 1 aromatic heterocycles. The molecular formula is C15H16ClFN2O. The van der Waals surface area contributed by atoms with E-state index < -0.39 is 5.82 Å². The third-order valence-corrected chi connectivity index (χ3v) is 3.53. The first kappa shape index (κ1) is 14.6. The summed E-state index contributed by atoms with van der Waals surface area (Å²) < 4.78 is 21.1. The van der Waals surface area contributed by atoms with Crippen molar-refractivity contribution in [1.29, 1.82) is 0 Å². The molecule has 20 heavy (non-hydrogen) atoms. The number of aromatic nitrogens is 2. The minimum absolute atomic E-state index is 0.228. The van der Waals surface area contributed by atoms with Gasteiger partial charge in [-0.2, -0.15) is 5.10 Å². The lowest BCUT2D eigenvalue weighted by Gasteiger charge is -2.11. The number of halogens is 2. The van der Waals surface area contributed by atoms with Gasteiger partial charge in [-0.25, -0.2) is 9.07 Å². The third kappa shape index (κ3) is 2.56. The van der Waals surface area contributed by atoms with Crippen LogP contribution in [0.1, 0.15) is 17.0 Å². The molecule has 0 saturated heterocycles. The largest absolute Gasteiger partial charge is 0.488 e. The average Bonchev–Trinajstić information content (AvgIpc) is 2.66. The predicted molar refractivity (Wildman–Crippen MR) is 78.4 cm³/mol. The molecule has 106 valence electrons. The molecule has 5 heteroatoms. The van der Waals surface area contributed by atoms with Crippen molar-refractivity contribution in [3.63, 3.8) is 0 Å². The first-order chi connectivity index (χ1) is 9.45. The van der Waals surface area contributed by atoms with Gasteiger partial charge in [-0.3, -0.25) is 0 Å². The maximum absolute atomic E-state index is 14.1. The number of rotatable bonds is 4. The highest BCUT2D eigenvalue weighted by Crippen LogP contribution is 2.30. The molecule has 0 fully saturated rings. The van der Waals surface area contributed by atoms with Gasteiger partial charge in [0, 0.05) is 11.8 Å². The summed E-state index contributed by atoms with van der Waals surface area (Å²) in [6.07, 6.45) is 1.60. The molecule has 0 bridgehead atoms. The van der Waals surface area contributed by atoms with Gasteiger partial charge in [0.1, 0.15) is 18.0 Å². The lowest BCUT2D eigenvalue weighted by molar-refractivity contribution is 0.362. The zero-order valence-electron chi connectivity index (χ0n) is 11.7. The van der Waals surface area contributed by atoms with E-state index in [1.807, 2.05) is 20.8 Å². The Balaban J connectivity index is 2.55. The van der Waals surface area contributed by atoms with Crippen LogP contribution >= 0.6 is 11.6 Å². The summed E-state index contributed by atoms with van der Waals surface area (Å²) in [7, 11) is 0. The minimum Gasteiger partial charge on any atom is -0.488 e. The highest BCUT2D eigenvalue weighted by molar-refractivity contribution is 6.32. The van der Waals surface area contributed by atoms with E-state index >= 15 is 0 Å². The SMILES string of the molecule is C=CCOc1cc(-n2nc(C)c(C)c2C)c(F)cc1Cl. The quantitative estimate of drug-likeness (QED) is 0.792. The molecule has 0 radical (unpaired) electrons. The summed E-state index contributed by atoms with van der Waals surface area (Å²) in [6, 6.07) is 2.79. The first-order valence-corrected chi connectivity index (χ1v) is 6.59. The van der Waals surface area contributed by atoms with Crippen LogP contribution < -0.4 is 4.74 Å².